The third kappa shape index (κ3) is 5.70. The van der Waals surface area contributed by atoms with Gasteiger partial charge in [0.05, 0.1) is 11.8 Å². The van der Waals surface area contributed by atoms with Gasteiger partial charge in [-0.3, -0.25) is 0 Å². The fraction of sp³-hybridized carbons (Fsp3) is 0.444. The molecular weight excluding hydrogens is 304 g/mol. The minimum absolute atomic E-state index is 0.109. The molecule has 0 spiro atoms. The molecule has 0 atom stereocenters. The van der Waals surface area contributed by atoms with Gasteiger partial charge in [-0.1, -0.05) is 12.1 Å². The molecule has 1 heterocycles. The second-order valence-electron chi connectivity index (χ2n) is 5.78. The highest BCUT2D eigenvalue weighted by Crippen LogP contribution is 2.28. The number of hydrogen-bond donors (Lipinski definition) is 2. The van der Waals surface area contributed by atoms with Crippen molar-refractivity contribution < 1.29 is 9.47 Å². The molecule has 0 saturated carbocycles. The van der Waals surface area contributed by atoms with Crippen LogP contribution in [0, 0.1) is 6.92 Å². The molecule has 0 fully saturated rings. The lowest BCUT2D eigenvalue weighted by atomic mass is 10.3. The molecule has 6 heteroatoms. The highest BCUT2D eigenvalue weighted by Gasteiger charge is 2.08. The predicted molar refractivity (Wildman–Crippen MR) is 97.2 cm³/mol. The lowest BCUT2D eigenvalue weighted by Gasteiger charge is -2.15. The van der Waals surface area contributed by atoms with Crippen LogP contribution in [0.15, 0.2) is 30.3 Å². The molecule has 0 aliphatic heterocycles. The number of hydrogen-bond acceptors (Lipinski definition) is 6. The summed E-state index contributed by atoms with van der Waals surface area (Å²) in [5, 5.41) is 6.54. The Labute approximate surface area is 143 Å². The van der Waals surface area contributed by atoms with E-state index in [2.05, 4.69) is 20.6 Å². The molecule has 2 aromatic rings. The van der Waals surface area contributed by atoms with E-state index in [9.17, 15) is 0 Å². The Morgan fingerprint density at radius 2 is 1.96 bits per heavy atom. The minimum atomic E-state index is 0.109. The van der Waals surface area contributed by atoms with Crippen molar-refractivity contribution in [2.45, 2.75) is 33.3 Å². The number of ether oxygens (including phenoxy) is 2. The molecule has 0 aliphatic rings. The first-order valence-corrected chi connectivity index (χ1v) is 8.19. The fourth-order valence-electron chi connectivity index (χ4n) is 2.19. The van der Waals surface area contributed by atoms with Gasteiger partial charge in [-0.05, 0) is 39.3 Å². The Morgan fingerprint density at radius 1 is 1.17 bits per heavy atom. The standard InChI is InChI=1S/C18H26N4O2/c1-13(2)24-16-9-6-5-8-15(16)21-17-12-14(3)20-18(22-17)19-10-7-11-23-4/h5-6,8-9,12-13H,7,10-11H2,1-4H3,(H2,19,20,21,22). The van der Waals surface area contributed by atoms with Gasteiger partial charge in [-0.15, -0.1) is 0 Å². The molecule has 2 rings (SSSR count). The molecule has 1 aromatic carbocycles. The number of benzene rings is 1. The maximum absolute atomic E-state index is 5.83. The Kier molecular flexibility index (Phi) is 6.81. The molecule has 1 aromatic heterocycles. The van der Waals surface area contributed by atoms with Crippen molar-refractivity contribution in [1.82, 2.24) is 9.97 Å². The van der Waals surface area contributed by atoms with Crippen molar-refractivity contribution in [1.29, 1.82) is 0 Å². The van der Waals surface area contributed by atoms with Crippen LogP contribution < -0.4 is 15.4 Å². The molecule has 24 heavy (non-hydrogen) atoms. The van der Waals surface area contributed by atoms with E-state index in [0.717, 1.165) is 35.9 Å². The Hall–Kier alpha value is -2.34. The summed E-state index contributed by atoms with van der Waals surface area (Å²) in [7, 11) is 1.70. The summed E-state index contributed by atoms with van der Waals surface area (Å²) in [6, 6.07) is 9.75. The largest absolute Gasteiger partial charge is 0.489 e. The zero-order chi connectivity index (χ0) is 17.4. The fourth-order valence-corrected chi connectivity index (χ4v) is 2.19. The lowest BCUT2D eigenvalue weighted by Crippen LogP contribution is -2.10. The van der Waals surface area contributed by atoms with Gasteiger partial charge in [0, 0.05) is 32.0 Å². The SMILES string of the molecule is COCCCNc1nc(C)cc(Nc2ccccc2OC(C)C)n1. The highest BCUT2D eigenvalue weighted by molar-refractivity contribution is 5.64. The summed E-state index contributed by atoms with van der Waals surface area (Å²) in [4.78, 5) is 8.93. The third-order valence-electron chi connectivity index (χ3n) is 3.18. The van der Waals surface area contributed by atoms with Crippen LogP contribution >= 0.6 is 0 Å². The van der Waals surface area contributed by atoms with Gasteiger partial charge in [0.25, 0.3) is 0 Å². The van der Waals surface area contributed by atoms with Crippen molar-refractivity contribution in [3.63, 3.8) is 0 Å². The lowest BCUT2D eigenvalue weighted by molar-refractivity contribution is 0.197. The number of aromatic nitrogens is 2. The van der Waals surface area contributed by atoms with Crippen LogP contribution in [-0.2, 0) is 4.74 Å². The first-order chi connectivity index (χ1) is 11.6. The normalized spacial score (nSPS) is 10.7. The van der Waals surface area contributed by atoms with Crippen LogP contribution in [0.25, 0.3) is 0 Å². The monoisotopic (exact) mass is 330 g/mol. The first-order valence-electron chi connectivity index (χ1n) is 8.19. The van der Waals surface area contributed by atoms with Gasteiger partial charge in [-0.25, -0.2) is 4.98 Å². The van der Waals surface area contributed by atoms with Gasteiger partial charge < -0.3 is 20.1 Å². The number of nitrogens with zero attached hydrogens (tertiary/aromatic N) is 2. The average molecular weight is 330 g/mol. The number of methoxy groups -OCH3 is 1. The summed E-state index contributed by atoms with van der Waals surface area (Å²) in [5.41, 5.74) is 1.78. The zero-order valence-corrected chi connectivity index (χ0v) is 14.8. The maximum atomic E-state index is 5.83. The molecule has 0 amide bonds. The number of para-hydroxylation sites is 2. The van der Waals surface area contributed by atoms with E-state index in [-0.39, 0.29) is 6.10 Å². The molecular formula is C18H26N4O2. The summed E-state index contributed by atoms with van der Waals surface area (Å²) >= 11 is 0. The van der Waals surface area contributed by atoms with Crippen LogP contribution in [0.3, 0.4) is 0 Å². The summed E-state index contributed by atoms with van der Waals surface area (Å²) in [6.45, 7) is 7.44. The van der Waals surface area contributed by atoms with Crippen molar-refractivity contribution in [3.8, 4) is 5.75 Å². The molecule has 0 aliphatic carbocycles. The van der Waals surface area contributed by atoms with Crippen LogP contribution in [0.4, 0.5) is 17.5 Å². The molecule has 0 saturated heterocycles. The van der Waals surface area contributed by atoms with Crippen molar-refractivity contribution in [2.75, 3.05) is 30.9 Å². The van der Waals surface area contributed by atoms with Crippen LogP contribution in [0.5, 0.6) is 5.75 Å². The Morgan fingerprint density at radius 3 is 2.71 bits per heavy atom. The van der Waals surface area contributed by atoms with E-state index >= 15 is 0 Å². The van der Waals surface area contributed by atoms with E-state index in [1.165, 1.54) is 0 Å². The van der Waals surface area contributed by atoms with Gasteiger partial charge in [-0.2, -0.15) is 4.98 Å². The molecule has 2 N–H and O–H groups in total. The summed E-state index contributed by atoms with van der Waals surface area (Å²) in [5.74, 6) is 2.14. The van der Waals surface area contributed by atoms with Gasteiger partial charge in [0.15, 0.2) is 0 Å². The van der Waals surface area contributed by atoms with E-state index in [4.69, 9.17) is 9.47 Å². The molecule has 0 bridgehead atoms. The maximum Gasteiger partial charge on any atom is 0.224 e. The van der Waals surface area contributed by atoms with E-state index < -0.39 is 0 Å². The van der Waals surface area contributed by atoms with Gasteiger partial charge in [0.2, 0.25) is 5.95 Å². The number of anilines is 3. The van der Waals surface area contributed by atoms with Gasteiger partial charge in [0.1, 0.15) is 11.6 Å². The van der Waals surface area contributed by atoms with Crippen molar-refractivity contribution >= 4 is 17.5 Å². The van der Waals surface area contributed by atoms with Crippen molar-refractivity contribution in [3.05, 3.63) is 36.0 Å². The average Bonchev–Trinajstić information content (AvgIpc) is 2.52. The second kappa shape index (κ2) is 9.08. The number of rotatable bonds is 9. The quantitative estimate of drug-likeness (QED) is 0.682. The zero-order valence-electron chi connectivity index (χ0n) is 14.8. The van der Waals surface area contributed by atoms with Crippen molar-refractivity contribution in [2.24, 2.45) is 0 Å². The Balaban J connectivity index is 2.11. The van der Waals surface area contributed by atoms with E-state index in [0.29, 0.717) is 12.6 Å². The van der Waals surface area contributed by atoms with Crippen LogP contribution in [0.1, 0.15) is 26.0 Å². The second-order valence-corrected chi connectivity index (χ2v) is 5.78. The van der Waals surface area contributed by atoms with Crippen LogP contribution in [-0.4, -0.2) is 36.3 Å². The topological polar surface area (TPSA) is 68.3 Å². The summed E-state index contributed by atoms with van der Waals surface area (Å²) < 4.78 is 10.9. The highest BCUT2D eigenvalue weighted by atomic mass is 16.5. The number of aryl methyl sites for hydroxylation is 1. The summed E-state index contributed by atoms with van der Waals surface area (Å²) in [6.07, 6.45) is 1.01. The molecule has 6 nitrogen and oxygen atoms in total. The van der Waals surface area contributed by atoms with E-state index in [1.54, 1.807) is 7.11 Å². The van der Waals surface area contributed by atoms with E-state index in [1.807, 2.05) is 51.1 Å². The van der Waals surface area contributed by atoms with Crippen LogP contribution in [0.2, 0.25) is 0 Å². The number of nitrogens with one attached hydrogen (secondary N) is 2. The minimum Gasteiger partial charge on any atom is -0.489 e. The molecule has 130 valence electrons. The Bertz CT molecular complexity index is 647. The smallest absolute Gasteiger partial charge is 0.224 e. The molecule has 0 unspecified atom stereocenters. The predicted octanol–water partition coefficient (Wildman–Crippen LogP) is 3.76. The third-order valence-corrected chi connectivity index (χ3v) is 3.18. The first kappa shape index (κ1) is 18.0. The molecule has 0 radical (unpaired) electrons. The van der Waals surface area contributed by atoms with Gasteiger partial charge >= 0.3 is 0 Å².